The number of rotatable bonds is 3. The van der Waals surface area contributed by atoms with Crippen molar-refractivity contribution in [1.29, 1.82) is 5.41 Å². The lowest BCUT2D eigenvalue weighted by atomic mass is 10.1. The van der Waals surface area contributed by atoms with E-state index in [1.54, 1.807) is 19.2 Å². The van der Waals surface area contributed by atoms with E-state index in [1.807, 2.05) is 36.4 Å². The largest absolute Gasteiger partial charge is 0.323 e. The summed E-state index contributed by atoms with van der Waals surface area (Å²) in [7, 11) is 1.72. The Morgan fingerprint density at radius 1 is 1.17 bits per heavy atom. The first-order valence-corrected chi connectivity index (χ1v) is 7.98. The number of halogens is 2. The summed E-state index contributed by atoms with van der Waals surface area (Å²) in [4.78, 5) is 4.47. The van der Waals surface area contributed by atoms with Crippen LogP contribution in [0.1, 0.15) is 0 Å². The van der Waals surface area contributed by atoms with E-state index in [1.165, 1.54) is 4.68 Å². The molecule has 5 nitrogen and oxygen atoms in total. The van der Waals surface area contributed by atoms with Gasteiger partial charge in [0.1, 0.15) is 5.69 Å². The normalized spacial score (nSPS) is 10.6. The molecule has 0 aliphatic carbocycles. The molecule has 3 aromatic rings. The Balaban J connectivity index is 2.03. The Morgan fingerprint density at radius 2 is 1.91 bits per heavy atom. The van der Waals surface area contributed by atoms with Crippen LogP contribution in [0.3, 0.4) is 0 Å². The van der Waals surface area contributed by atoms with Gasteiger partial charge in [0, 0.05) is 27.8 Å². The van der Waals surface area contributed by atoms with Crippen molar-refractivity contribution < 1.29 is 0 Å². The quantitative estimate of drug-likeness (QED) is 0.707. The lowest BCUT2D eigenvalue weighted by molar-refractivity contribution is 0.674. The molecule has 1 heterocycles. The molecule has 0 spiro atoms. The smallest absolute Gasteiger partial charge is 0.245 e. The van der Waals surface area contributed by atoms with Crippen molar-refractivity contribution in [3.8, 4) is 11.3 Å². The molecule has 116 valence electrons. The second kappa shape index (κ2) is 6.52. The average molecular weight is 391 g/mol. The molecule has 0 fully saturated rings. The predicted octanol–water partition coefficient (Wildman–Crippen LogP) is 4.12. The lowest BCUT2D eigenvalue weighted by Crippen LogP contribution is -2.24. The fraction of sp³-hybridized carbons (Fsp3) is 0.0625. The summed E-state index contributed by atoms with van der Waals surface area (Å²) in [5, 5.41) is 16.2. The average Bonchev–Trinajstić information content (AvgIpc) is 2.52. The van der Waals surface area contributed by atoms with Crippen LogP contribution < -0.4 is 10.8 Å². The van der Waals surface area contributed by atoms with Gasteiger partial charge in [0.15, 0.2) is 5.49 Å². The summed E-state index contributed by atoms with van der Waals surface area (Å²) in [5.74, 6) is 0.406. The number of aromatic nitrogens is 3. The van der Waals surface area contributed by atoms with Crippen molar-refractivity contribution in [2.75, 3.05) is 5.32 Å². The van der Waals surface area contributed by atoms with Gasteiger partial charge in [-0.3, -0.25) is 5.41 Å². The molecule has 23 heavy (non-hydrogen) atoms. The number of benzene rings is 2. The number of nitrogens with one attached hydrogen (secondary N) is 2. The standard InChI is InChI=1S/C16H13BrClN5/c1-23-15(19)14(10-5-7-11(17)8-6-10)21-16(22-23)20-13-4-2-3-12(18)9-13/h2-9,19H,1H3,(H,20,22). The predicted molar refractivity (Wildman–Crippen MR) is 94.7 cm³/mol. The van der Waals surface area contributed by atoms with Crippen LogP contribution >= 0.6 is 27.5 Å². The number of anilines is 2. The van der Waals surface area contributed by atoms with Gasteiger partial charge in [0.05, 0.1) is 0 Å². The summed E-state index contributed by atoms with van der Waals surface area (Å²) in [6, 6.07) is 15.0. The monoisotopic (exact) mass is 389 g/mol. The highest BCUT2D eigenvalue weighted by Crippen LogP contribution is 2.20. The first-order valence-electron chi connectivity index (χ1n) is 6.81. The van der Waals surface area contributed by atoms with E-state index < -0.39 is 0 Å². The van der Waals surface area contributed by atoms with Gasteiger partial charge in [-0.25, -0.2) is 9.67 Å². The highest BCUT2D eigenvalue weighted by Gasteiger charge is 2.09. The molecule has 0 saturated heterocycles. The van der Waals surface area contributed by atoms with Crippen molar-refractivity contribution in [3.63, 3.8) is 0 Å². The first-order chi connectivity index (χ1) is 11.0. The van der Waals surface area contributed by atoms with Crippen LogP contribution in [-0.4, -0.2) is 14.8 Å². The van der Waals surface area contributed by atoms with Crippen LogP contribution in [0.15, 0.2) is 53.0 Å². The van der Waals surface area contributed by atoms with Crippen molar-refractivity contribution in [2.24, 2.45) is 7.05 Å². The number of aryl methyl sites for hydroxylation is 1. The number of hydrogen-bond acceptors (Lipinski definition) is 4. The zero-order valence-electron chi connectivity index (χ0n) is 12.2. The summed E-state index contributed by atoms with van der Waals surface area (Å²) in [5.41, 5.74) is 2.44. The molecule has 0 atom stereocenters. The Kier molecular flexibility index (Phi) is 4.45. The van der Waals surface area contributed by atoms with Gasteiger partial charge in [-0.05, 0) is 30.3 Å². The van der Waals surface area contributed by atoms with E-state index in [4.69, 9.17) is 17.0 Å². The first kappa shape index (κ1) is 15.7. The van der Waals surface area contributed by atoms with Crippen LogP contribution in [0.2, 0.25) is 5.02 Å². The molecule has 0 unspecified atom stereocenters. The molecule has 1 aromatic heterocycles. The number of hydrogen-bond donors (Lipinski definition) is 2. The zero-order chi connectivity index (χ0) is 16.4. The molecule has 0 aliphatic heterocycles. The van der Waals surface area contributed by atoms with E-state index in [2.05, 4.69) is 31.3 Å². The van der Waals surface area contributed by atoms with E-state index in [9.17, 15) is 0 Å². The zero-order valence-corrected chi connectivity index (χ0v) is 14.6. The van der Waals surface area contributed by atoms with Crippen molar-refractivity contribution >= 4 is 39.2 Å². The molecule has 0 saturated carbocycles. The van der Waals surface area contributed by atoms with Crippen molar-refractivity contribution in [2.45, 2.75) is 0 Å². The lowest BCUT2D eigenvalue weighted by Gasteiger charge is -2.10. The van der Waals surface area contributed by atoms with E-state index in [0.29, 0.717) is 16.7 Å². The highest BCUT2D eigenvalue weighted by molar-refractivity contribution is 9.10. The molecular weight excluding hydrogens is 378 g/mol. The third kappa shape index (κ3) is 3.60. The number of nitrogens with zero attached hydrogens (tertiary/aromatic N) is 3. The van der Waals surface area contributed by atoms with Crippen LogP contribution in [0.25, 0.3) is 11.3 Å². The molecule has 0 amide bonds. The Bertz CT molecular complexity index is 905. The van der Waals surface area contributed by atoms with Crippen molar-refractivity contribution in [1.82, 2.24) is 14.8 Å². The van der Waals surface area contributed by atoms with Crippen LogP contribution in [-0.2, 0) is 7.05 Å². The summed E-state index contributed by atoms with van der Waals surface area (Å²) in [6.45, 7) is 0. The summed E-state index contributed by atoms with van der Waals surface area (Å²) in [6.07, 6.45) is 0. The second-order valence-electron chi connectivity index (χ2n) is 4.90. The molecule has 0 bridgehead atoms. The minimum atomic E-state index is 0.240. The fourth-order valence-electron chi connectivity index (χ4n) is 2.08. The maximum Gasteiger partial charge on any atom is 0.245 e. The van der Waals surface area contributed by atoms with Crippen LogP contribution in [0.4, 0.5) is 11.6 Å². The molecule has 2 aromatic carbocycles. The minimum absolute atomic E-state index is 0.240. The maximum atomic E-state index is 8.17. The SMILES string of the molecule is Cn1nc(Nc2cccc(Cl)c2)nc(-c2ccc(Br)cc2)c1=N. The van der Waals surface area contributed by atoms with Gasteiger partial charge in [-0.1, -0.05) is 45.7 Å². The molecule has 7 heteroatoms. The Hall–Kier alpha value is -2.18. The molecule has 2 N–H and O–H groups in total. The van der Waals surface area contributed by atoms with Gasteiger partial charge < -0.3 is 5.32 Å². The third-order valence-corrected chi connectivity index (χ3v) is 3.97. The third-order valence-electron chi connectivity index (χ3n) is 3.21. The topological polar surface area (TPSA) is 66.6 Å². The van der Waals surface area contributed by atoms with Gasteiger partial charge in [-0.15, -0.1) is 5.10 Å². The molecule has 3 rings (SSSR count). The van der Waals surface area contributed by atoms with Gasteiger partial charge in [-0.2, -0.15) is 0 Å². The van der Waals surface area contributed by atoms with Crippen LogP contribution in [0.5, 0.6) is 0 Å². The Labute approximate surface area is 146 Å². The molecular formula is C16H13BrClN5. The molecule has 0 aliphatic rings. The van der Waals surface area contributed by atoms with E-state index >= 15 is 0 Å². The Morgan fingerprint density at radius 3 is 2.61 bits per heavy atom. The van der Waals surface area contributed by atoms with E-state index in [-0.39, 0.29) is 5.49 Å². The van der Waals surface area contributed by atoms with Crippen molar-refractivity contribution in [3.05, 3.63) is 63.5 Å². The highest BCUT2D eigenvalue weighted by atomic mass is 79.9. The molecule has 0 radical (unpaired) electrons. The van der Waals surface area contributed by atoms with Gasteiger partial charge in [0.2, 0.25) is 5.95 Å². The minimum Gasteiger partial charge on any atom is -0.323 e. The van der Waals surface area contributed by atoms with E-state index in [0.717, 1.165) is 15.7 Å². The van der Waals surface area contributed by atoms with Gasteiger partial charge in [0.25, 0.3) is 0 Å². The second-order valence-corrected chi connectivity index (χ2v) is 6.25. The fourth-order valence-corrected chi connectivity index (χ4v) is 2.54. The summed E-state index contributed by atoms with van der Waals surface area (Å²) >= 11 is 9.40. The summed E-state index contributed by atoms with van der Waals surface area (Å²) < 4.78 is 2.46. The van der Waals surface area contributed by atoms with Gasteiger partial charge >= 0.3 is 0 Å². The maximum absolute atomic E-state index is 8.17. The van der Waals surface area contributed by atoms with Crippen LogP contribution in [0, 0.1) is 5.41 Å².